The first kappa shape index (κ1) is 13.8. The summed E-state index contributed by atoms with van der Waals surface area (Å²) in [5.74, 6) is 0.880. The van der Waals surface area contributed by atoms with E-state index in [2.05, 4.69) is 20.7 Å². The molecule has 3 rings (SSSR count). The Balaban J connectivity index is 1.58. The van der Waals surface area contributed by atoms with Crippen molar-refractivity contribution in [3.8, 4) is 0 Å². The van der Waals surface area contributed by atoms with E-state index < -0.39 is 6.17 Å². The zero-order valence-corrected chi connectivity index (χ0v) is 11.6. The van der Waals surface area contributed by atoms with Crippen molar-refractivity contribution in [2.45, 2.75) is 38.3 Å². The fourth-order valence-corrected chi connectivity index (χ4v) is 2.48. The first-order valence-corrected chi connectivity index (χ1v) is 6.85. The highest BCUT2D eigenvalue weighted by atomic mass is 19.1. The van der Waals surface area contributed by atoms with Gasteiger partial charge in [0.25, 0.3) is 0 Å². The molecule has 2 aromatic heterocycles. The van der Waals surface area contributed by atoms with Crippen molar-refractivity contribution >= 4 is 11.7 Å². The number of aryl methyl sites for hydroxylation is 1. The number of hydrogen-bond acceptors (Lipinski definition) is 4. The van der Waals surface area contributed by atoms with Gasteiger partial charge in [0.2, 0.25) is 5.91 Å². The molecule has 1 amide bonds. The third kappa shape index (κ3) is 3.29. The van der Waals surface area contributed by atoms with Gasteiger partial charge in [-0.15, -0.1) is 0 Å². The summed E-state index contributed by atoms with van der Waals surface area (Å²) < 4.78 is 18.1. The molecule has 0 unspecified atom stereocenters. The number of amides is 1. The highest BCUT2D eigenvalue weighted by molar-refractivity contribution is 5.91. The molecule has 0 bridgehead atoms. The second kappa shape index (κ2) is 5.67. The predicted molar refractivity (Wildman–Crippen MR) is 73.3 cm³/mol. The number of anilines is 1. The standard InChI is InChI=1S/C14H16FN4O2/c1-8-4-11(21-19-8)6-14(20)16-13-7-12(17-18-13)9-2-3-10(15)5-9/h3-4,7,9-10H,2,5-6H2,1H3,(H2,16,17,18,20)/t9-,10+/m1/s1. The number of carbonyl (C=O) groups excluding carboxylic acids is 1. The molecule has 0 aliphatic heterocycles. The fourth-order valence-electron chi connectivity index (χ4n) is 2.48. The molecular weight excluding hydrogens is 275 g/mol. The SMILES string of the molecule is Cc1cc(CC(=O)Nc2cc([C@@H]3C[CH][C@H](F)C3)n[nH]2)on1. The Morgan fingerprint density at radius 2 is 2.43 bits per heavy atom. The van der Waals surface area contributed by atoms with Crippen LogP contribution in [-0.4, -0.2) is 27.4 Å². The Hall–Kier alpha value is -2.18. The van der Waals surface area contributed by atoms with Gasteiger partial charge >= 0.3 is 0 Å². The van der Waals surface area contributed by atoms with E-state index in [0.717, 1.165) is 11.4 Å². The average molecular weight is 291 g/mol. The predicted octanol–water partition coefficient (Wildman–Crippen LogP) is 2.31. The van der Waals surface area contributed by atoms with Crippen LogP contribution in [0.25, 0.3) is 0 Å². The molecular formula is C14H16FN4O2. The summed E-state index contributed by atoms with van der Waals surface area (Å²) in [6, 6.07) is 3.47. The van der Waals surface area contributed by atoms with Crippen LogP contribution in [0, 0.1) is 13.3 Å². The molecule has 21 heavy (non-hydrogen) atoms. The van der Waals surface area contributed by atoms with Crippen LogP contribution in [0.2, 0.25) is 0 Å². The van der Waals surface area contributed by atoms with Crippen LogP contribution in [0.5, 0.6) is 0 Å². The second-order valence-corrected chi connectivity index (χ2v) is 5.29. The average Bonchev–Trinajstić information content (AvgIpc) is 3.12. The zero-order chi connectivity index (χ0) is 14.8. The van der Waals surface area contributed by atoms with Crippen LogP contribution in [0.15, 0.2) is 16.7 Å². The minimum atomic E-state index is -0.862. The van der Waals surface area contributed by atoms with Gasteiger partial charge in [-0.25, -0.2) is 4.39 Å². The van der Waals surface area contributed by atoms with Crippen molar-refractivity contribution in [1.82, 2.24) is 15.4 Å². The zero-order valence-electron chi connectivity index (χ0n) is 11.6. The quantitative estimate of drug-likeness (QED) is 0.905. The van der Waals surface area contributed by atoms with E-state index in [1.807, 2.05) is 0 Å². The van der Waals surface area contributed by atoms with Gasteiger partial charge in [-0.3, -0.25) is 9.89 Å². The number of hydrogen-bond donors (Lipinski definition) is 2. The van der Waals surface area contributed by atoms with E-state index in [1.54, 1.807) is 25.5 Å². The number of carbonyl (C=O) groups is 1. The Morgan fingerprint density at radius 1 is 1.57 bits per heavy atom. The number of halogens is 1. The Labute approximate surface area is 121 Å². The van der Waals surface area contributed by atoms with Crippen LogP contribution >= 0.6 is 0 Å². The summed E-state index contributed by atoms with van der Waals surface area (Å²) in [7, 11) is 0. The van der Waals surface area contributed by atoms with Crippen molar-refractivity contribution in [1.29, 1.82) is 0 Å². The summed E-state index contributed by atoms with van der Waals surface area (Å²) in [4.78, 5) is 11.9. The molecule has 6 nitrogen and oxygen atoms in total. The molecule has 1 aliphatic carbocycles. The van der Waals surface area contributed by atoms with Crippen LogP contribution in [0.4, 0.5) is 10.2 Å². The Morgan fingerprint density at radius 3 is 3.10 bits per heavy atom. The fraction of sp³-hybridized carbons (Fsp3) is 0.429. The Bertz CT molecular complexity index is 636. The van der Waals surface area contributed by atoms with Gasteiger partial charge < -0.3 is 9.84 Å². The molecule has 2 heterocycles. The Kier molecular flexibility index (Phi) is 3.72. The monoisotopic (exact) mass is 291 g/mol. The highest BCUT2D eigenvalue weighted by Crippen LogP contribution is 2.34. The van der Waals surface area contributed by atoms with Gasteiger partial charge in [-0.05, 0) is 26.2 Å². The molecule has 111 valence electrons. The van der Waals surface area contributed by atoms with E-state index in [4.69, 9.17) is 4.52 Å². The summed E-state index contributed by atoms with van der Waals surface area (Å²) in [6.45, 7) is 1.79. The van der Waals surface area contributed by atoms with Gasteiger partial charge in [0.15, 0.2) is 0 Å². The normalized spacial score (nSPS) is 21.6. The van der Waals surface area contributed by atoms with Gasteiger partial charge in [0.05, 0.1) is 17.8 Å². The maximum absolute atomic E-state index is 13.1. The van der Waals surface area contributed by atoms with Gasteiger partial charge in [0, 0.05) is 18.1 Å². The van der Waals surface area contributed by atoms with Crippen molar-refractivity contribution in [3.05, 3.63) is 35.7 Å². The lowest BCUT2D eigenvalue weighted by molar-refractivity contribution is -0.115. The summed E-state index contributed by atoms with van der Waals surface area (Å²) >= 11 is 0. The van der Waals surface area contributed by atoms with E-state index in [-0.39, 0.29) is 18.2 Å². The summed E-state index contributed by atoms with van der Waals surface area (Å²) in [5, 5.41) is 13.3. The molecule has 2 aromatic rings. The topological polar surface area (TPSA) is 83.8 Å². The lowest BCUT2D eigenvalue weighted by atomic mass is 10.0. The van der Waals surface area contributed by atoms with E-state index in [1.165, 1.54) is 0 Å². The molecule has 0 aromatic carbocycles. The number of rotatable bonds is 4. The van der Waals surface area contributed by atoms with Crippen LogP contribution in [0.3, 0.4) is 0 Å². The molecule has 1 fully saturated rings. The molecule has 1 saturated carbocycles. The van der Waals surface area contributed by atoms with E-state index in [0.29, 0.717) is 24.4 Å². The van der Waals surface area contributed by atoms with Crippen molar-refractivity contribution in [2.75, 3.05) is 5.32 Å². The first-order valence-electron chi connectivity index (χ1n) is 6.85. The van der Waals surface area contributed by atoms with Crippen molar-refractivity contribution in [3.63, 3.8) is 0 Å². The molecule has 2 N–H and O–H groups in total. The number of nitrogens with one attached hydrogen (secondary N) is 2. The molecule has 7 heteroatoms. The molecule has 2 atom stereocenters. The second-order valence-electron chi connectivity index (χ2n) is 5.29. The highest BCUT2D eigenvalue weighted by Gasteiger charge is 2.27. The largest absolute Gasteiger partial charge is 0.361 e. The number of aromatic amines is 1. The van der Waals surface area contributed by atoms with E-state index >= 15 is 0 Å². The number of aromatic nitrogens is 3. The van der Waals surface area contributed by atoms with Gasteiger partial charge in [0.1, 0.15) is 17.7 Å². The summed E-state index contributed by atoms with van der Waals surface area (Å²) in [6.07, 6.45) is 2.04. The van der Waals surface area contributed by atoms with Crippen molar-refractivity contribution < 1.29 is 13.7 Å². The van der Waals surface area contributed by atoms with Crippen LogP contribution in [0.1, 0.15) is 35.9 Å². The summed E-state index contributed by atoms with van der Waals surface area (Å²) in [5.41, 5.74) is 1.51. The molecule has 1 aliphatic rings. The van der Waals surface area contributed by atoms with E-state index in [9.17, 15) is 9.18 Å². The van der Waals surface area contributed by atoms with Gasteiger partial charge in [-0.1, -0.05) is 5.16 Å². The number of alkyl halides is 1. The lowest BCUT2D eigenvalue weighted by Crippen LogP contribution is -2.14. The maximum Gasteiger partial charge on any atom is 0.233 e. The maximum atomic E-state index is 13.1. The molecule has 0 spiro atoms. The first-order chi connectivity index (χ1) is 10.1. The third-order valence-electron chi connectivity index (χ3n) is 3.49. The smallest absolute Gasteiger partial charge is 0.233 e. The van der Waals surface area contributed by atoms with Gasteiger partial charge in [-0.2, -0.15) is 5.10 Å². The lowest BCUT2D eigenvalue weighted by Gasteiger charge is -2.02. The van der Waals surface area contributed by atoms with Crippen LogP contribution in [-0.2, 0) is 11.2 Å². The number of H-pyrrole nitrogens is 1. The number of nitrogens with zero attached hydrogens (tertiary/aromatic N) is 2. The minimum absolute atomic E-state index is 0.0822. The van der Waals surface area contributed by atoms with Crippen LogP contribution < -0.4 is 5.32 Å². The molecule has 0 saturated heterocycles. The molecule has 1 radical (unpaired) electrons. The third-order valence-corrected chi connectivity index (χ3v) is 3.49. The minimum Gasteiger partial charge on any atom is -0.361 e. The van der Waals surface area contributed by atoms with Crippen molar-refractivity contribution in [2.24, 2.45) is 0 Å².